The predicted octanol–water partition coefficient (Wildman–Crippen LogP) is 2.70. The molecule has 0 saturated heterocycles. The zero-order chi connectivity index (χ0) is 15.2. The predicted molar refractivity (Wildman–Crippen MR) is 85.4 cm³/mol. The van der Waals surface area contributed by atoms with Crippen molar-refractivity contribution in [1.82, 2.24) is 5.32 Å². The molecule has 0 fully saturated rings. The van der Waals surface area contributed by atoms with Crippen molar-refractivity contribution in [3.8, 4) is 18.1 Å². The van der Waals surface area contributed by atoms with E-state index in [0.29, 0.717) is 13.0 Å². The van der Waals surface area contributed by atoms with Crippen LogP contribution in [0.4, 0.5) is 0 Å². The van der Waals surface area contributed by atoms with Crippen molar-refractivity contribution in [3.63, 3.8) is 0 Å². The van der Waals surface area contributed by atoms with Gasteiger partial charge in [0.1, 0.15) is 5.75 Å². The third-order valence-electron chi connectivity index (χ3n) is 3.46. The van der Waals surface area contributed by atoms with E-state index in [0.717, 1.165) is 28.5 Å². The van der Waals surface area contributed by atoms with E-state index in [2.05, 4.69) is 23.4 Å². The highest BCUT2D eigenvalue weighted by molar-refractivity contribution is 5.91. The van der Waals surface area contributed by atoms with Gasteiger partial charge in [0.25, 0.3) is 0 Å². The molecule has 108 valence electrons. The van der Waals surface area contributed by atoms with Crippen molar-refractivity contribution >= 4 is 16.7 Å². The number of terminal acetylenes is 1. The van der Waals surface area contributed by atoms with Crippen LogP contribution in [0.2, 0.25) is 0 Å². The lowest BCUT2D eigenvalue weighted by Gasteiger charge is -2.14. The van der Waals surface area contributed by atoms with Crippen molar-refractivity contribution in [1.29, 1.82) is 0 Å². The molecule has 2 aromatic carbocycles. The molecule has 0 aliphatic rings. The fourth-order valence-electron chi connectivity index (χ4n) is 2.57. The molecule has 21 heavy (non-hydrogen) atoms. The second-order valence-corrected chi connectivity index (χ2v) is 4.88. The van der Waals surface area contributed by atoms with Gasteiger partial charge in [0.15, 0.2) is 0 Å². The Morgan fingerprint density at radius 2 is 2.14 bits per heavy atom. The van der Waals surface area contributed by atoms with Crippen LogP contribution in [0.3, 0.4) is 0 Å². The van der Waals surface area contributed by atoms with Gasteiger partial charge >= 0.3 is 0 Å². The van der Waals surface area contributed by atoms with E-state index in [1.165, 1.54) is 12.5 Å². The summed E-state index contributed by atoms with van der Waals surface area (Å²) in [5.74, 6) is 3.50. The minimum atomic E-state index is -0.0170. The maximum atomic E-state index is 11.0. The van der Waals surface area contributed by atoms with Gasteiger partial charge in [-0.15, -0.1) is 12.3 Å². The molecule has 2 aromatic rings. The van der Waals surface area contributed by atoms with Crippen molar-refractivity contribution < 1.29 is 9.53 Å². The first-order valence-corrected chi connectivity index (χ1v) is 6.92. The first kappa shape index (κ1) is 14.9. The fraction of sp³-hybridized carbons (Fsp3) is 0.278. The zero-order valence-electron chi connectivity index (χ0n) is 12.4. The molecule has 0 atom stereocenters. The van der Waals surface area contributed by atoms with Crippen LogP contribution in [0, 0.1) is 12.3 Å². The Labute approximate surface area is 125 Å². The third kappa shape index (κ3) is 3.35. The van der Waals surface area contributed by atoms with E-state index >= 15 is 0 Å². The number of benzene rings is 2. The molecule has 0 spiro atoms. The summed E-state index contributed by atoms with van der Waals surface area (Å²) in [6, 6.07) is 10.2. The summed E-state index contributed by atoms with van der Waals surface area (Å²) in [5, 5.41) is 5.11. The van der Waals surface area contributed by atoms with Gasteiger partial charge in [-0.1, -0.05) is 24.3 Å². The minimum absolute atomic E-state index is 0.0170. The topological polar surface area (TPSA) is 38.3 Å². The Hall–Kier alpha value is -2.47. The van der Waals surface area contributed by atoms with E-state index in [-0.39, 0.29) is 5.91 Å². The zero-order valence-corrected chi connectivity index (χ0v) is 12.4. The van der Waals surface area contributed by atoms with Crippen LogP contribution in [0.1, 0.15) is 18.1 Å². The van der Waals surface area contributed by atoms with Crippen LogP contribution in [-0.2, 0) is 17.6 Å². The molecule has 0 aliphatic heterocycles. The van der Waals surface area contributed by atoms with Crippen LogP contribution in [0.5, 0.6) is 5.75 Å². The van der Waals surface area contributed by atoms with Crippen LogP contribution in [0.15, 0.2) is 30.3 Å². The minimum Gasteiger partial charge on any atom is -0.496 e. The van der Waals surface area contributed by atoms with E-state index < -0.39 is 0 Å². The number of rotatable bonds is 5. The molecule has 0 unspecified atom stereocenters. The fourth-order valence-corrected chi connectivity index (χ4v) is 2.57. The number of hydrogen-bond acceptors (Lipinski definition) is 2. The first-order valence-electron chi connectivity index (χ1n) is 6.92. The average Bonchev–Trinajstić information content (AvgIpc) is 2.47. The second-order valence-electron chi connectivity index (χ2n) is 4.88. The first-order chi connectivity index (χ1) is 10.2. The molecule has 0 aliphatic carbocycles. The third-order valence-corrected chi connectivity index (χ3v) is 3.46. The maximum Gasteiger partial charge on any atom is 0.216 e. The van der Waals surface area contributed by atoms with Gasteiger partial charge in [-0.05, 0) is 28.8 Å². The number of fused-ring (bicyclic) bond motifs is 1. The van der Waals surface area contributed by atoms with Crippen LogP contribution < -0.4 is 10.1 Å². The molecule has 1 amide bonds. The summed E-state index contributed by atoms with van der Waals surface area (Å²) < 4.78 is 5.44. The maximum absolute atomic E-state index is 11.0. The van der Waals surface area contributed by atoms with Crippen LogP contribution >= 0.6 is 0 Å². The molecule has 3 heteroatoms. The molecular weight excluding hydrogens is 262 g/mol. The Morgan fingerprint density at radius 3 is 2.81 bits per heavy atom. The summed E-state index contributed by atoms with van der Waals surface area (Å²) in [4.78, 5) is 11.0. The molecule has 0 bridgehead atoms. The number of hydrogen-bond donors (Lipinski definition) is 1. The highest BCUT2D eigenvalue weighted by Crippen LogP contribution is 2.31. The molecule has 3 nitrogen and oxygen atoms in total. The molecule has 0 saturated carbocycles. The van der Waals surface area contributed by atoms with E-state index in [1.807, 2.05) is 18.2 Å². The summed E-state index contributed by atoms with van der Waals surface area (Å²) in [6.07, 6.45) is 6.79. The lowest BCUT2D eigenvalue weighted by molar-refractivity contribution is -0.118. The highest BCUT2D eigenvalue weighted by atomic mass is 16.5. The Kier molecular flexibility index (Phi) is 4.84. The summed E-state index contributed by atoms with van der Waals surface area (Å²) in [6.45, 7) is 2.14. The number of methoxy groups -OCH3 is 1. The summed E-state index contributed by atoms with van der Waals surface area (Å²) in [7, 11) is 1.65. The molecule has 0 radical (unpaired) electrons. The van der Waals surface area contributed by atoms with Crippen molar-refractivity contribution in [2.75, 3.05) is 13.7 Å². The van der Waals surface area contributed by atoms with E-state index in [4.69, 9.17) is 11.2 Å². The average molecular weight is 281 g/mol. The van der Waals surface area contributed by atoms with Crippen molar-refractivity contribution in [3.05, 3.63) is 41.5 Å². The molecule has 0 heterocycles. The van der Waals surface area contributed by atoms with Gasteiger partial charge in [0, 0.05) is 25.5 Å². The number of amides is 1. The monoisotopic (exact) mass is 281 g/mol. The Bertz CT molecular complexity index is 698. The normalized spacial score (nSPS) is 10.1. The van der Waals surface area contributed by atoms with E-state index in [1.54, 1.807) is 7.11 Å². The number of nitrogens with one attached hydrogen (secondary N) is 1. The van der Waals surface area contributed by atoms with Crippen LogP contribution in [0.25, 0.3) is 10.8 Å². The van der Waals surface area contributed by atoms with Gasteiger partial charge in [-0.25, -0.2) is 0 Å². The molecule has 0 aromatic heterocycles. The van der Waals surface area contributed by atoms with E-state index in [9.17, 15) is 4.79 Å². The van der Waals surface area contributed by atoms with Gasteiger partial charge in [0.05, 0.1) is 7.11 Å². The van der Waals surface area contributed by atoms with Gasteiger partial charge in [0.2, 0.25) is 5.91 Å². The van der Waals surface area contributed by atoms with Gasteiger partial charge in [-0.2, -0.15) is 0 Å². The van der Waals surface area contributed by atoms with Gasteiger partial charge in [-0.3, -0.25) is 4.79 Å². The van der Waals surface area contributed by atoms with Crippen molar-refractivity contribution in [2.45, 2.75) is 19.8 Å². The SMILES string of the molecule is C#CCc1c(OC)ccc2cccc(CCNC(C)=O)c12. The quantitative estimate of drug-likeness (QED) is 0.856. The van der Waals surface area contributed by atoms with Crippen LogP contribution in [-0.4, -0.2) is 19.6 Å². The molecule has 2 rings (SSSR count). The highest BCUT2D eigenvalue weighted by Gasteiger charge is 2.11. The number of carbonyl (C=O) groups excluding carboxylic acids is 1. The second kappa shape index (κ2) is 6.81. The standard InChI is InChI=1S/C18H19NO2/c1-4-6-16-17(21-3)10-9-14-7-5-8-15(18(14)16)11-12-19-13(2)20/h1,5,7-10H,6,11-12H2,2-3H3,(H,19,20). The number of carbonyl (C=O) groups is 1. The summed E-state index contributed by atoms with van der Waals surface area (Å²) in [5.41, 5.74) is 2.21. The molecule has 1 N–H and O–H groups in total. The Balaban J connectivity index is 2.49. The summed E-state index contributed by atoms with van der Waals surface area (Å²) >= 11 is 0. The molecular formula is C18H19NO2. The lowest BCUT2D eigenvalue weighted by Crippen LogP contribution is -2.22. The van der Waals surface area contributed by atoms with Crippen molar-refractivity contribution in [2.24, 2.45) is 0 Å². The Morgan fingerprint density at radius 1 is 1.33 bits per heavy atom. The van der Waals surface area contributed by atoms with Gasteiger partial charge < -0.3 is 10.1 Å². The largest absolute Gasteiger partial charge is 0.496 e. The number of ether oxygens (including phenoxy) is 1. The smallest absolute Gasteiger partial charge is 0.216 e. The lowest BCUT2D eigenvalue weighted by atomic mass is 9.95.